The first-order chi connectivity index (χ1) is 7.84. The Kier molecular flexibility index (Phi) is 6.66. The number of nitrogens with one attached hydrogen (secondary N) is 1. The molecule has 102 valence electrons. The van der Waals surface area contributed by atoms with Gasteiger partial charge in [0.05, 0.1) is 19.3 Å². The molecule has 0 amide bonds. The first-order valence-corrected chi connectivity index (χ1v) is 7.28. The first-order valence-electron chi connectivity index (χ1n) is 5.63. The minimum absolute atomic E-state index is 0.153. The number of esters is 1. The second kappa shape index (κ2) is 6.93. The Morgan fingerprint density at radius 3 is 2.24 bits per heavy atom. The van der Waals surface area contributed by atoms with Crippen LogP contribution in [0.3, 0.4) is 0 Å². The molecule has 6 nitrogen and oxygen atoms in total. The van der Waals surface area contributed by atoms with Crippen molar-refractivity contribution in [2.75, 3.05) is 19.4 Å². The minimum atomic E-state index is -3.51. The lowest BCUT2D eigenvalue weighted by atomic mass is 9.95. The Morgan fingerprint density at radius 2 is 1.88 bits per heavy atom. The van der Waals surface area contributed by atoms with E-state index in [0.717, 1.165) is 0 Å². The average Bonchev–Trinajstić information content (AvgIpc) is 2.33. The Labute approximate surface area is 103 Å². The van der Waals surface area contributed by atoms with Crippen LogP contribution in [0.1, 0.15) is 33.1 Å². The van der Waals surface area contributed by atoms with Crippen molar-refractivity contribution < 1.29 is 17.9 Å². The normalized spacial score (nSPS) is 12.5. The molecule has 0 bridgehead atoms. The molecule has 17 heavy (non-hydrogen) atoms. The van der Waals surface area contributed by atoms with E-state index in [1.165, 1.54) is 7.11 Å². The third kappa shape index (κ3) is 5.47. The Morgan fingerprint density at radius 1 is 1.35 bits per heavy atom. The summed E-state index contributed by atoms with van der Waals surface area (Å²) in [7, 11) is -2.28. The predicted molar refractivity (Wildman–Crippen MR) is 65.9 cm³/mol. The van der Waals surface area contributed by atoms with Gasteiger partial charge in [-0.15, -0.1) is 0 Å². The lowest BCUT2D eigenvalue weighted by molar-refractivity contribution is -0.140. The van der Waals surface area contributed by atoms with Crippen LogP contribution in [-0.2, 0) is 19.6 Å². The summed E-state index contributed by atoms with van der Waals surface area (Å²) in [6.07, 6.45) is 1.06. The molecule has 0 saturated carbocycles. The largest absolute Gasteiger partial charge is 0.469 e. The fourth-order valence-corrected chi connectivity index (χ4v) is 2.99. The zero-order valence-electron chi connectivity index (χ0n) is 10.7. The summed E-state index contributed by atoms with van der Waals surface area (Å²) in [4.78, 5) is 10.9. The van der Waals surface area contributed by atoms with Crippen LogP contribution >= 0.6 is 0 Å². The molecule has 0 rings (SSSR count). The SMILES string of the molecule is CCC(CC)(CN)NS(=O)(=O)CCC(=O)OC. The maximum absolute atomic E-state index is 11.8. The van der Waals surface area contributed by atoms with Crippen molar-refractivity contribution in [1.29, 1.82) is 0 Å². The topological polar surface area (TPSA) is 98.5 Å². The van der Waals surface area contributed by atoms with Gasteiger partial charge in [0.1, 0.15) is 0 Å². The van der Waals surface area contributed by atoms with Crippen molar-refractivity contribution in [1.82, 2.24) is 4.72 Å². The van der Waals surface area contributed by atoms with Crippen molar-refractivity contribution in [2.45, 2.75) is 38.6 Å². The van der Waals surface area contributed by atoms with E-state index in [-0.39, 0.29) is 18.7 Å². The summed E-state index contributed by atoms with van der Waals surface area (Å²) >= 11 is 0. The third-order valence-electron chi connectivity index (χ3n) is 2.92. The fraction of sp³-hybridized carbons (Fsp3) is 0.900. The van der Waals surface area contributed by atoms with Gasteiger partial charge in [-0.3, -0.25) is 4.79 Å². The molecule has 0 aromatic carbocycles. The molecule has 7 heteroatoms. The van der Waals surface area contributed by atoms with Crippen LogP contribution < -0.4 is 10.5 Å². The molecule has 0 aliphatic heterocycles. The van der Waals surface area contributed by atoms with E-state index in [2.05, 4.69) is 9.46 Å². The lowest BCUT2D eigenvalue weighted by Gasteiger charge is -2.30. The van der Waals surface area contributed by atoms with Crippen molar-refractivity contribution in [3.8, 4) is 0 Å². The van der Waals surface area contributed by atoms with Crippen LogP contribution in [0.2, 0.25) is 0 Å². The van der Waals surface area contributed by atoms with E-state index in [1.54, 1.807) is 0 Å². The molecule has 0 unspecified atom stereocenters. The molecule has 0 aromatic rings. The van der Waals surface area contributed by atoms with Gasteiger partial charge in [0.2, 0.25) is 10.0 Å². The second-order valence-corrected chi connectivity index (χ2v) is 5.78. The van der Waals surface area contributed by atoms with Crippen LogP contribution in [-0.4, -0.2) is 39.3 Å². The van der Waals surface area contributed by atoms with E-state index >= 15 is 0 Å². The van der Waals surface area contributed by atoms with E-state index in [4.69, 9.17) is 5.73 Å². The fourth-order valence-electron chi connectivity index (χ4n) is 1.43. The van der Waals surface area contributed by atoms with Crippen molar-refractivity contribution in [3.63, 3.8) is 0 Å². The van der Waals surface area contributed by atoms with Crippen molar-refractivity contribution in [3.05, 3.63) is 0 Å². The van der Waals surface area contributed by atoms with Gasteiger partial charge in [0, 0.05) is 12.1 Å². The number of hydrogen-bond acceptors (Lipinski definition) is 5. The van der Waals surface area contributed by atoms with Crippen molar-refractivity contribution >= 4 is 16.0 Å². The van der Waals surface area contributed by atoms with Gasteiger partial charge >= 0.3 is 5.97 Å². The van der Waals surface area contributed by atoms with Crippen LogP contribution in [0, 0.1) is 0 Å². The van der Waals surface area contributed by atoms with Crippen LogP contribution in [0.5, 0.6) is 0 Å². The number of nitrogens with two attached hydrogens (primary N) is 1. The van der Waals surface area contributed by atoms with Gasteiger partial charge in [-0.25, -0.2) is 13.1 Å². The summed E-state index contributed by atoms with van der Waals surface area (Å²) in [5.74, 6) is -0.816. The van der Waals surface area contributed by atoms with Gasteiger partial charge in [-0.1, -0.05) is 13.8 Å². The number of rotatable bonds is 8. The maximum atomic E-state index is 11.8. The molecule has 0 aliphatic rings. The zero-order chi connectivity index (χ0) is 13.5. The molecule has 0 spiro atoms. The van der Waals surface area contributed by atoms with E-state index in [0.29, 0.717) is 12.8 Å². The maximum Gasteiger partial charge on any atom is 0.306 e. The lowest BCUT2D eigenvalue weighted by Crippen LogP contribution is -2.53. The highest BCUT2D eigenvalue weighted by atomic mass is 32.2. The Bertz CT molecular complexity index is 328. The van der Waals surface area contributed by atoms with Crippen LogP contribution in [0.15, 0.2) is 0 Å². The number of carbonyl (C=O) groups is 1. The molecule has 0 atom stereocenters. The highest BCUT2D eigenvalue weighted by Gasteiger charge is 2.29. The van der Waals surface area contributed by atoms with Crippen LogP contribution in [0.4, 0.5) is 0 Å². The van der Waals surface area contributed by atoms with Gasteiger partial charge in [-0.2, -0.15) is 0 Å². The summed E-state index contributed by atoms with van der Waals surface area (Å²) < 4.78 is 30.5. The zero-order valence-corrected chi connectivity index (χ0v) is 11.5. The van der Waals surface area contributed by atoms with Gasteiger partial charge in [-0.05, 0) is 12.8 Å². The van der Waals surface area contributed by atoms with Crippen molar-refractivity contribution in [2.24, 2.45) is 5.73 Å². The molecule has 0 heterocycles. The minimum Gasteiger partial charge on any atom is -0.469 e. The number of methoxy groups -OCH3 is 1. The van der Waals surface area contributed by atoms with E-state index in [9.17, 15) is 13.2 Å². The second-order valence-electron chi connectivity index (χ2n) is 3.94. The summed E-state index contributed by atoms with van der Waals surface area (Å²) in [5.41, 5.74) is 4.98. The molecular formula is C10H22N2O4S. The summed E-state index contributed by atoms with van der Waals surface area (Å²) in [6, 6.07) is 0. The van der Waals surface area contributed by atoms with Crippen LogP contribution in [0.25, 0.3) is 0 Å². The number of hydrogen-bond donors (Lipinski definition) is 2. The number of sulfonamides is 1. The van der Waals surface area contributed by atoms with Gasteiger partial charge in [0.15, 0.2) is 0 Å². The Hall–Kier alpha value is -0.660. The molecule has 0 aliphatic carbocycles. The quantitative estimate of drug-likeness (QED) is 0.602. The number of ether oxygens (including phenoxy) is 1. The molecule has 3 N–H and O–H groups in total. The molecule has 0 saturated heterocycles. The Balaban J connectivity index is 4.57. The predicted octanol–water partition coefficient (Wildman–Crippen LogP) is -0.0136. The van der Waals surface area contributed by atoms with Gasteiger partial charge in [0.25, 0.3) is 0 Å². The summed E-state index contributed by atoms with van der Waals surface area (Å²) in [5, 5.41) is 0. The smallest absolute Gasteiger partial charge is 0.306 e. The highest BCUT2D eigenvalue weighted by Crippen LogP contribution is 2.15. The molecule has 0 aromatic heterocycles. The van der Waals surface area contributed by atoms with E-state index in [1.807, 2.05) is 13.8 Å². The van der Waals surface area contributed by atoms with E-state index < -0.39 is 21.5 Å². The average molecular weight is 266 g/mol. The monoisotopic (exact) mass is 266 g/mol. The molecular weight excluding hydrogens is 244 g/mol. The standard InChI is InChI=1S/C10H22N2O4S/c1-4-10(5-2,8-11)12-17(14,15)7-6-9(13)16-3/h12H,4-8,11H2,1-3H3. The first kappa shape index (κ1) is 16.3. The third-order valence-corrected chi connectivity index (χ3v) is 4.40. The molecule has 0 fully saturated rings. The summed E-state index contributed by atoms with van der Waals surface area (Å²) in [6.45, 7) is 3.98. The highest BCUT2D eigenvalue weighted by molar-refractivity contribution is 7.89. The number of carbonyl (C=O) groups excluding carboxylic acids is 1. The van der Waals surface area contributed by atoms with Gasteiger partial charge < -0.3 is 10.5 Å². The molecule has 0 radical (unpaired) electrons.